The lowest BCUT2D eigenvalue weighted by Gasteiger charge is -2.33. The van der Waals surface area contributed by atoms with E-state index in [9.17, 15) is 13.9 Å². The van der Waals surface area contributed by atoms with E-state index in [1.54, 1.807) is 24.4 Å². The molecule has 0 aliphatic carbocycles. The molecule has 3 N–H and O–H groups in total. The molecule has 0 bridgehead atoms. The van der Waals surface area contributed by atoms with Crippen molar-refractivity contribution in [3.05, 3.63) is 77.2 Å². The summed E-state index contributed by atoms with van der Waals surface area (Å²) >= 11 is 5.79. The number of nitrogens with zero attached hydrogens (tertiary/aromatic N) is 3. The molecule has 0 amide bonds. The Bertz CT molecular complexity index is 1290. The van der Waals surface area contributed by atoms with Crippen LogP contribution in [-0.4, -0.2) is 32.2 Å². The molecule has 0 radical (unpaired) electrons. The molecule has 0 saturated carbocycles. The SMILES string of the molecule is CC(O)(c1ccc(Cl)cc1)C(F)(F)CCOc1cccc(-c2ccn3nc(N)nc3c2)c1F. The highest BCUT2D eigenvalue weighted by atomic mass is 35.5. The number of aromatic nitrogens is 3. The molecule has 1 atom stereocenters. The second-order valence-electron chi connectivity index (χ2n) is 7.69. The number of anilines is 1. The average Bonchev–Trinajstić information content (AvgIpc) is 3.14. The smallest absolute Gasteiger partial charge is 0.283 e. The second kappa shape index (κ2) is 8.57. The Morgan fingerprint density at radius 2 is 1.88 bits per heavy atom. The van der Waals surface area contributed by atoms with Crippen LogP contribution in [0.3, 0.4) is 0 Å². The molecule has 0 saturated heterocycles. The molecular formula is C23H20ClF3N4O2. The first kappa shape index (κ1) is 22.9. The van der Waals surface area contributed by atoms with E-state index in [4.69, 9.17) is 22.1 Å². The summed E-state index contributed by atoms with van der Waals surface area (Å²) in [5.74, 6) is -4.36. The predicted octanol–water partition coefficient (Wildman–Crippen LogP) is 5.08. The van der Waals surface area contributed by atoms with E-state index in [2.05, 4.69) is 10.1 Å². The lowest BCUT2D eigenvalue weighted by atomic mass is 9.87. The van der Waals surface area contributed by atoms with Crippen LogP contribution in [0.2, 0.25) is 5.02 Å². The number of benzene rings is 2. The van der Waals surface area contributed by atoms with Crippen LogP contribution < -0.4 is 10.5 Å². The van der Waals surface area contributed by atoms with Crippen molar-refractivity contribution in [2.75, 3.05) is 12.3 Å². The van der Waals surface area contributed by atoms with E-state index in [1.165, 1.54) is 40.9 Å². The van der Waals surface area contributed by atoms with Gasteiger partial charge in [-0.25, -0.2) is 17.7 Å². The molecule has 0 fully saturated rings. The summed E-state index contributed by atoms with van der Waals surface area (Å²) in [6, 6.07) is 13.2. The summed E-state index contributed by atoms with van der Waals surface area (Å²) in [7, 11) is 0. The number of fused-ring (bicyclic) bond motifs is 1. The molecule has 10 heteroatoms. The van der Waals surface area contributed by atoms with Gasteiger partial charge in [-0.1, -0.05) is 35.9 Å². The second-order valence-corrected chi connectivity index (χ2v) is 8.12. The summed E-state index contributed by atoms with van der Waals surface area (Å²) in [5.41, 5.74) is 4.25. The van der Waals surface area contributed by atoms with Gasteiger partial charge in [0.05, 0.1) is 6.61 Å². The first-order chi connectivity index (χ1) is 15.6. The lowest BCUT2D eigenvalue weighted by molar-refractivity contribution is -0.184. The maximum atomic E-state index is 15.1. The summed E-state index contributed by atoms with van der Waals surface area (Å²) in [4.78, 5) is 4.04. The molecule has 1 unspecified atom stereocenters. The molecule has 4 rings (SSSR count). The van der Waals surface area contributed by atoms with Crippen molar-refractivity contribution in [1.82, 2.24) is 14.6 Å². The van der Waals surface area contributed by atoms with E-state index in [-0.39, 0.29) is 22.8 Å². The zero-order valence-electron chi connectivity index (χ0n) is 17.5. The fourth-order valence-corrected chi connectivity index (χ4v) is 3.56. The van der Waals surface area contributed by atoms with Gasteiger partial charge in [-0.3, -0.25) is 0 Å². The third kappa shape index (κ3) is 4.46. The van der Waals surface area contributed by atoms with Gasteiger partial charge in [0.1, 0.15) is 0 Å². The Morgan fingerprint density at radius 3 is 2.61 bits per heavy atom. The molecule has 172 valence electrons. The number of ether oxygens (including phenoxy) is 1. The van der Waals surface area contributed by atoms with Crippen LogP contribution in [0, 0.1) is 5.82 Å². The number of alkyl halides is 2. The molecule has 0 aliphatic heterocycles. The molecule has 0 aliphatic rings. The summed E-state index contributed by atoms with van der Waals surface area (Å²) in [6.07, 6.45) is 0.748. The largest absolute Gasteiger partial charge is 0.490 e. The first-order valence-electron chi connectivity index (χ1n) is 9.98. The number of rotatable bonds is 7. The van der Waals surface area contributed by atoms with Crippen molar-refractivity contribution in [3.8, 4) is 16.9 Å². The minimum atomic E-state index is -3.55. The van der Waals surface area contributed by atoms with Gasteiger partial charge in [0.25, 0.3) is 5.92 Å². The Labute approximate surface area is 192 Å². The fraction of sp³-hybridized carbons (Fsp3) is 0.217. The van der Waals surface area contributed by atoms with Crippen molar-refractivity contribution in [2.24, 2.45) is 0 Å². The van der Waals surface area contributed by atoms with Crippen LogP contribution in [0.25, 0.3) is 16.8 Å². The summed E-state index contributed by atoms with van der Waals surface area (Å²) in [5, 5.41) is 14.8. The lowest BCUT2D eigenvalue weighted by Crippen LogP contribution is -2.43. The normalized spacial score (nSPS) is 13.8. The van der Waals surface area contributed by atoms with E-state index >= 15 is 4.39 Å². The molecular weight excluding hydrogens is 457 g/mol. The van der Waals surface area contributed by atoms with Crippen LogP contribution in [0.15, 0.2) is 60.8 Å². The predicted molar refractivity (Wildman–Crippen MR) is 119 cm³/mol. The van der Waals surface area contributed by atoms with Crippen LogP contribution >= 0.6 is 11.6 Å². The summed E-state index contributed by atoms with van der Waals surface area (Å²) < 4.78 is 51.5. The third-order valence-corrected chi connectivity index (χ3v) is 5.67. The molecule has 4 aromatic rings. The van der Waals surface area contributed by atoms with Gasteiger partial charge in [0.15, 0.2) is 22.8 Å². The number of hydrogen-bond donors (Lipinski definition) is 2. The van der Waals surface area contributed by atoms with E-state index in [1.807, 2.05) is 0 Å². The highest BCUT2D eigenvalue weighted by Crippen LogP contribution is 2.40. The zero-order valence-corrected chi connectivity index (χ0v) is 18.2. The molecule has 0 spiro atoms. The van der Waals surface area contributed by atoms with Crippen molar-refractivity contribution >= 4 is 23.2 Å². The Kier molecular flexibility index (Phi) is 5.94. The quantitative estimate of drug-likeness (QED) is 0.388. The van der Waals surface area contributed by atoms with Crippen molar-refractivity contribution in [2.45, 2.75) is 24.9 Å². The van der Waals surface area contributed by atoms with Gasteiger partial charge >= 0.3 is 0 Å². The Balaban J connectivity index is 1.50. The highest BCUT2D eigenvalue weighted by Gasteiger charge is 2.49. The first-order valence-corrected chi connectivity index (χ1v) is 10.4. The topological polar surface area (TPSA) is 85.7 Å². The molecule has 33 heavy (non-hydrogen) atoms. The number of aliphatic hydroxyl groups is 1. The van der Waals surface area contributed by atoms with Crippen LogP contribution in [0.1, 0.15) is 18.9 Å². The monoisotopic (exact) mass is 476 g/mol. The number of nitrogens with two attached hydrogens (primary N) is 1. The van der Waals surface area contributed by atoms with Gasteiger partial charge in [0.2, 0.25) is 5.95 Å². The van der Waals surface area contributed by atoms with E-state index in [0.29, 0.717) is 16.2 Å². The average molecular weight is 477 g/mol. The van der Waals surface area contributed by atoms with Crippen LogP contribution in [0.4, 0.5) is 19.1 Å². The standard InChI is InChI=1S/C23H20ClF3N4O2/c1-22(32,15-5-7-16(24)8-6-15)23(26,27)10-12-33-18-4-2-3-17(20(18)25)14-9-11-31-19(13-14)29-21(28)30-31/h2-9,11,13,32H,10,12H2,1H3,(H2,28,30). The van der Waals surface area contributed by atoms with E-state index in [0.717, 1.165) is 6.92 Å². The van der Waals surface area contributed by atoms with Crippen LogP contribution in [-0.2, 0) is 5.60 Å². The van der Waals surface area contributed by atoms with Crippen molar-refractivity contribution in [1.29, 1.82) is 0 Å². The van der Waals surface area contributed by atoms with E-state index < -0.39 is 30.4 Å². The maximum absolute atomic E-state index is 15.1. The molecule has 6 nitrogen and oxygen atoms in total. The zero-order chi connectivity index (χ0) is 23.8. The molecule has 2 aromatic carbocycles. The number of pyridine rings is 1. The van der Waals surface area contributed by atoms with Gasteiger partial charge in [-0.15, -0.1) is 5.10 Å². The van der Waals surface area contributed by atoms with Gasteiger partial charge < -0.3 is 15.6 Å². The van der Waals surface area contributed by atoms with Crippen LogP contribution in [0.5, 0.6) is 5.75 Å². The number of halogens is 4. The third-order valence-electron chi connectivity index (χ3n) is 5.42. The van der Waals surface area contributed by atoms with Gasteiger partial charge in [0, 0.05) is 23.2 Å². The number of hydrogen-bond acceptors (Lipinski definition) is 5. The fourth-order valence-electron chi connectivity index (χ4n) is 3.43. The molecule has 2 aromatic heterocycles. The van der Waals surface area contributed by atoms with Crippen molar-refractivity contribution in [3.63, 3.8) is 0 Å². The Morgan fingerprint density at radius 1 is 1.15 bits per heavy atom. The van der Waals surface area contributed by atoms with Crippen molar-refractivity contribution < 1.29 is 23.0 Å². The maximum Gasteiger partial charge on any atom is 0.283 e. The number of nitrogen functional groups attached to an aromatic ring is 1. The van der Waals surface area contributed by atoms with Gasteiger partial charge in [-0.2, -0.15) is 4.98 Å². The minimum absolute atomic E-state index is 0.00888. The molecule has 2 heterocycles. The Hall–Kier alpha value is -3.30. The van der Waals surface area contributed by atoms with Gasteiger partial charge in [-0.05, 0) is 48.4 Å². The minimum Gasteiger partial charge on any atom is -0.490 e. The highest BCUT2D eigenvalue weighted by molar-refractivity contribution is 6.30. The summed E-state index contributed by atoms with van der Waals surface area (Å²) in [6.45, 7) is 0.502.